The molecule has 0 unspecified atom stereocenters. The number of rotatable bonds is 4. The number of hydrogen-bond donors (Lipinski definition) is 1. The van der Waals surface area contributed by atoms with Gasteiger partial charge in [-0.2, -0.15) is 0 Å². The molecule has 0 aromatic heterocycles. The third kappa shape index (κ3) is 3.46. The minimum absolute atomic E-state index is 0.00848. The summed E-state index contributed by atoms with van der Waals surface area (Å²) in [7, 11) is 4.59. The van der Waals surface area contributed by atoms with Crippen molar-refractivity contribution >= 4 is 27.7 Å². The number of amides is 2. The Labute approximate surface area is 114 Å². The zero-order valence-electron chi connectivity index (χ0n) is 10.5. The van der Waals surface area contributed by atoms with E-state index in [-0.39, 0.29) is 18.4 Å². The van der Waals surface area contributed by atoms with Gasteiger partial charge in [0, 0.05) is 18.6 Å². The van der Waals surface area contributed by atoms with Gasteiger partial charge >= 0.3 is 0 Å². The number of ether oxygens (including phenoxy) is 1. The molecule has 5 nitrogen and oxygen atoms in total. The molecule has 0 heterocycles. The second kappa shape index (κ2) is 6.39. The van der Waals surface area contributed by atoms with E-state index in [1.54, 1.807) is 25.2 Å². The lowest BCUT2D eigenvalue weighted by molar-refractivity contribution is -0.121. The maximum atomic E-state index is 12.1. The number of hydrogen-bond acceptors (Lipinski definition) is 3. The van der Waals surface area contributed by atoms with E-state index >= 15 is 0 Å². The number of nitrogens with one attached hydrogen (secondary N) is 1. The predicted octanol–water partition coefficient (Wildman–Crippen LogP) is 1.28. The van der Waals surface area contributed by atoms with Crippen molar-refractivity contribution in [3.63, 3.8) is 0 Å². The summed E-state index contributed by atoms with van der Waals surface area (Å²) in [5.41, 5.74) is 0.423. The number of nitrogens with zero attached hydrogens (tertiary/aromatic N) is 1. The van der Waals surface area contributed by atoms with Gasteiger partial charge in [-0.3, -0.25) is 9.59 Å². The fourth-order valence-corrected chi connectivity index (χ4v) is 1.75. The second-order valence-corrected chi connectivity index (χ2v) is 4.59. The fraction of sp³-hybridized carbons (Fsp3) is 0.333. The van der Waals surface area contributed by atoms with Crippen molar-refractivity contribution in [1.29, 1.82) is 0 Å². The SMILES string of the molecule is CNC(=O)CN(C)C(=O)c1ccc(Br)cc1OC. The quantitative estimate of drug-likeness (QED) is 0.910. The third-order valence-electron chi connectivity index (χ3n) is 2.40. The number of methoxy groups -OCH3 is 1. The van der Waals surface area contributed by atoms with Gasteiger partial charge in [0.15, 0.2) is 0 Å². The van der Waals surface area contributed by atoms with Gasteiger partial charge in [0.1, 0.15) is 5.75 Å². The molecule has 0 aliphatic rings. The summed E-state index contributed by atoms with van der Waals surface area (Å²) >= 11 is 3.31. The number of likely N-dealkylation sites (N-methyl/N-ethyl adjacent to an activating group) is 2. The van der Waals surface area contributed by atoms with Crippen LogP contribution < -0.4 is 10.1 Å². The summed E-state index contributed by atoms with van der Waals surface area (Å²) in [6.07, 6.45) is 0. The Morgan fingerprint density at radius 3 is 2.67 bits per heavy atom. The van der Waals surface area contributed by atoms with Crippen LogP contribution in [0.5, 0.6) is 5.75 Å². The molecule has 0 aliphatic heterocycles. The number of halogens is 1. The normalized spacial score (nSPS) is 9.78. The molecule has 2 amide bonds. The van der Waals surface area contributed by atoms with Gasteiger partial charge in [0.2, 0.25) is 5.91 Å². The molecule has 0 saturated carbocycles. The standard InChI is InChI=1S/C12H15BrN2O3/c1-14-11(16)7-15(2)12(17)9-5-4-8(13)6-10(9)18-3/h4-6H,7H2,1-3H3,(H,14,16). The molecule has 0 fully saturated rings. The predicted molar refractivity (Wildman–Crippen MR) is 71.7 cm³/mol. The molecule has 0 aliphatic carbocycles. The van der Waals surface area contributed by atoms with Crippen LogP contribution in [0.2, 0.25) is 0 Å². The summed E-state index contributed by atoms with van der Waals surface area (Å²) in [5.74, 6) is -0.0111. The zero-order valence-corrected chi connectivity index (χ0v) is 12.1. The summed E-state index contributed by atoms with van der Waals surface area (Å²) in [4.78, 5) is 24.7. The van der Waals surface area contributed by atoms with Crippen LogP contribution in [0.3, 0.4) is 0 Å². The maximum Gasteiger partial charge on any atom is 0.257 e. The van der Waals surface area contributed by atoms with E-state index in [0.717, 1.165) is 4.47 Å². The smallest absolute Gasteiger partial charge is 0.257 e. The van der Waals surface area contributed by atoms with E-state index in [9.17, 15) is 9.59 Å². The first kappa shape index (κ1) is 14.5. The van der Waals surface area contributed by atoms with Crippen molar-refractivity contribution in [2.75, 3.05) is 27.7 Å². The van der Waals surface area contributed by atoms with Crippen LogP contribution in [0, 0.1) is 0 Å². The van der Waals surface area contributed by atoms with Gasteiger partial charge in [-0.15, -0.1) is 0 Å². The molecular weight excluding hydrogens is 300 g/mol. The largest absolute Gasteiger partial charge is 0.496 e. The summed E-state index contributed by atoms with van der Waals surface area (Å²) in [5, 5.41) is 2.47. The van der Waals surface area contributed by atoms with Crippen LogP contribution in [0.15, 0.2) is 22.7 Å². The minimum atomic E-state index is -0.261. The molecule has 1 aromatic rings. The van der Waals surface area contributed by atoms with E-state index in [0.29, 0.717) is 11.3 Å². The van der Waals surface area contributed by atoms with Gasteiger partial charge in [-0.1, -0.05) is 15.9 Å². The molecule has 18 heavy (non-hydrogen) atoms. The average molecular weight is 315 g/mol. The zero-order chi connectivity index (χ0) is 13.7. The number of carbonyl (C=O) groups excluding carboxylic acids is 2. The van der Waals surface area contributed by atoms with E-state index < -0.39 is 0 Å². The van der Waals surface area contributed by atoms with Crippen molar-refractivity contribution < 1.29 is 14.3 Å². The number of carbonyl (C=O) groups is 2. The van der Waals surface area contributed by atoms with E-state index in [2.05, 4.69) is 21.2 Å². The Morgan fingerprint density at radius 2 is 2.11 bits per heavy atom. The molecule has 0 saturated heterocycles. The van der Waals surface area contributed by atoms with Crippen LogP contribution in [0.25, 0.3) is 0 Å². The van der Waals surface area contributed by atoms with E-state index in [1.165, 1.54) is 19.1 Å². The van der Waals surface area contributed by atoms with Crippen molar-refractivity contribution in [1.82, 2.24) is 10.2 Å². The molecular formula is C12H15BrN2O3. The summed E-state index contributed by atoms with van der Waals surface area (Å²) in [6.45, 7) is 0.00848. The van der Waals surface area contributed by atoms with Crippen LogP contribution in [0.1, 0.15) is 10.4 Å². The Kier molecular flexibility index (Phi) is 5.15. The Morgan fingerprint density at radius 1 is 1.44 bits per heavy atom. The molecule has 1 rings (SSSR count). The van der Waals surface area contributed by atoms with Gasteiger partial charge < -0.3 is 15.0 Å². The van der Waals surface area contributed by atoms with Crippen molar-refractivity contribution in [3.8, 4) is 5.75 Å². The van der Waals surface area contributed by atoms with Gasteiger partial charge in [0.05, 0.1) is 19.2 Å². The highest BCUT2D eigenvalue weighted by Gasteiger charge is 2.18. The monoisotopic (exact) mass is 314 g/mol. The van der Waals surface area contributed by atoms with Crippen molar-refractivity contribution in [2.24, 2.45) is 0 Å². The molecule has 0 atom stereocenters. The Hall–Kier alpha value is -1.56. The van der Waals surface area contributed by atoms with Crippen LogP contribution in [0.4, 0.5) is 0 Å². The lowest BCUT2D eigenvalue weighted by atomic mass is 10.2. The van der Waals surface area contributed by atoms with Crippen molar-refractivity contribution in [3.05, 3.63) is 28.2 Å². The fourth-order valence-electron chi connectivity index (χ4n) is 1.41. The first-order valence-electron chi connectivity index (χ1n) is 5.29. The highest BCUT2D eigenvalue weighted by atomic mass is 79.9. The molecule has 0 spiro atoms. The van der Waals surface area contributed by atoms with Gasteiger partial charge in [-0.05, 0) is 18.2 Å². The molecule has 6 heteroatoms. The highest BCUT2D eigenvalue weighted by Crippen LogP contribution is 2.24. The van der Waals surface area contributed by atoms with Crippen LogP contribution in [-0.2, 0) is 4.79 Å². The lowest BCUT2D eigenvalue weighted by Gasteiger charge is -2.17. The lowest BCUT2D eigenvalue weighted by Crippen LogP contribution is -2.37. The molecule has 0 radical (unpaired) electrons. The first-order chi connectivity index (χ1) is 8.49. The molecule has 1 N–H and O–H groups in total. The van der Waals surface area contributed by atoms with Gasteiger partial charge in [0.25, 0.3) is 5.91 Å². The van der Waals surface area contributed by atoms with Crippen LogP contribution >= 0.6 is 15.9 Å². The number of benzene rings is 1. The summed E-state index contributed by atoms with van der Waals surface area (Å²) in [6, 6.07) is 5.12. The van der Waals surface area contributed by atoms with Crippen LogP contribution in [-0.4, -0.2) is 44.5 Å². The Balaban J connectivity index is 2.93. The van der Waals surface area contributed by atoms with Crippen molar-refractivity contribution in [2.45, 2.75) is 0 Å². The minimum Gasteiger partial charge on any atom is -0.496 e. The first-order valence-corrected chi connectivity index (χ1v) is 6.08. The molecule has 1 aromatic carbocycles. The van der Waals surface area contributed by atoms with E-state index in [1.807, 2.05) is 0 Å². The average Bonchev–Trinajstić information content (AvgIpc) is 2.37. The summed E-state index contributed by atoms with van der Waals surface area (Å²) < 4.78 is 5.97. The third-order valence-corrected chi connectivity index (χ3v) is 2.89. The maximum absolute atomic E-state index is 12.1. The van der Waals surface area contributed by atoms with E-state index in [4.69, 9.17) is 4.74 Å². The van der Waals surface area contributed by atoms with Gasteiger partial charge in [-0.25, -0.2) is 0 Å². The molecule has 0 bridgehead atoms. The Bertz CT molecular complexity index is 463. The topological polar surface area (TPSA) is 58.6 Å². The second-order valence-electron chi connectivity index (χ2n) is 3.68. The highest BCUT2D eigenvalue weighted by molar-refractivity contribution is 9.10. The molecule has 98 valence electrons.